The fraction of sp³-hybridized carbons (Fsp3) is 0.421. The molecule has 1 aliphatic rings. The molecule has 6 nitrogen and oxygen atoms in total. The molecule has 0 bridgehead atoms. The largest absolute Gasteiger partial charge is 0.448 e. The maximum absolute atomic E-state index is 13.2. The van der Waals surface area contributed by atoms with Crippen LogP contribution in [0.2, 0.25) is 0 Å². The van der Waals surface area contributed by atoms with E-state index < -0.39 is 36.5 Å². The van der Waals surface area contributed by atoms with Crippen LogP contribution in [0.3, 0.4) is 0 Å². The summed E-state index contributed by atoms with van der Waals surface area (Å²) in [4.78, 5) is 24.3. The number of carbonyl (C=O) groups is 2. The third-order valence-electron chi connectivity index (χ3n) is 4.56. The zero-order valence-electron chi connectivity index (χ0n) is 15.6. The molecule has 1 aromatic carbocycles. The Hall–Kier alpha value is -2.91. The number of amides is 1. The van der Waals surface area contributed by atoms with E-state index in [4.69, 9.17) is 4.74 Å². The first-order chi connectivity index (χ1) is 13.7. The molecule has 0 saturated carbocycles. The van der Waals surface area contributed by atoms with Crippen molar-refractivity contribution in [3.05, 3.63) is 47.0 Å². The van der Waals surface area contributed by atoms with Crippen molar-refractivity contribution in [2.75, 3.05) is 6.54 Å². The number of nitrogens with one attached hydrogen (secondary N) is 1. The van der Waals surface area contributed by atoms with Gasteiger partial charge in [0.15, 0.2) is 11.8 Å². The Kier molecular flexibility index (Phi) is 5.90. The van der Waals surface area contributed by atoms with Crippen molar-refractivity contribution in [2.45, 2.75) is 44.9 Å². The highest BCUT2D eigenvalue weighted by Gasteiger charge is 2.31. The van der Waals surface area contributed by atoms with Gasteiger partial charge in [0.25, 0.3) is 5.91 Å². The van der Waals surface area contributed by atoms with Gasteiger partial charge >= 0.3 is 12.1 Å². The van der Waals surface area contributed by atoms with Gasteiger partial charge in [0.05, 0.1) is 5.69 Å². The van der Waals surface area contributed by atoms with Crippen molar-refractivity contribution in [1.82, 2.24) is 15.1 Å². The third kappa shape index (κ3) is 4.93. The van der Waals surface area contributed by atoms with Gasteiger partial charge in [-0.1, -0.05) is 0 Å². The second-order valence-corrected chi connectivity index (χ2v) is 6.75. The summed E-state index contributed by atoms with van der Waals surface area (Å²) in [6.07, 6.45) is -3.01. The number of hydrogen-bond acceptors (Lipinski definition) is 4. The quantitative estimate of drug-likeness (QED) is 0.604. The molecule has 0 radical (unpaired) electrons. The second-order valence-electron chi connectivity index (χ2n) is 6.75. The number of carbonyl (C=O) groups excluding carboxylic acids is 2. The molecule has 1 aliphatic carbocycles. The molecule has 0 spiro atoms. The smallest absolute Gasteiger partial charge is 0.405 e. The van der Waals surface area contributed by atoms with Crippen LogP contribution in [0, 0.1) is 5.82 Å². The van der Waals surface area contributed by atoms with E-state index in [2.05, 4.69) is 5.10 Å². The molecule has 2 aromatic rings. The molecule has 0 unspecified atom stereocenters. The Morgan fingerprint density at radius 3 is 2.52 bits per heavy atom. The normalized spacial score (nSPS) is 14.8. The van der Waals surface area contributed by atoms with E-state index in [1.54, 1.807) is 10.00 Å². The summed E-state index contributed by atoms with van der Waals surface area (Å²) in [7, 11) is 0. The van der Waals surface area contributed by atoms with E-state index in [1.807, 2.05) is 0 Å². The van der Waals surface area contributed by atoms with Crippen molar-refractivity contribution in [1.29, 1.82) is 0 Å². The standard InChI is InChI=1S/C19H19F4N3O3/c1-11(17(27)24-10-19(21,22)23)29-18(28)16-14-4-2-3-5-15(14)26(25-16)13-8-6-12(20)7-9-13/h6-9,11H,2-5,10H2,1H3,(H,24,27)/t11-/m1/s1. The van der Waals surface area contributed by atoms with Crippen LogP contribution in [0.4, 0.5) is 17.6 Å². The Morgan fingerprint density at radius 2 is 1.86 bits per heavy atom. The van der Waals surface area contributed by atoms with Crippen molar-refractivity contribution < 1.29 is 31.9 Å². The van der Waals surface area contributed by atoms with Gasteiger partial charge in [-0.15, -0.1) is 0 Å². The topological polar surface area (TPSA) is 73.2 Å². The highest BCUT2D eigenvalue weighted by molar-refractivity contribution is 5.92. The Bertz CT molecular complexity index is 907. The molecule has 1 amide bonds. The van der Waals surface area contributed by atoms with Gasteiger partial charge < -0.3 is 10.1 Å². The van der Waals surface area contributed by atoms with Crippen molar-refractivity contribution in [3.8, 4) is 5.69 Å². The van der Waals surface area contributed by atoms with E-state index in [1.165, 1.54) is 31.2 Å². The van der Waals surface area contributed by atoms with Crippen LogP contribution >= 0.6 is 0 Å². The highest BCUT2D eigenvalue weighted by Crippen LogP contribution is 2.27. The molecule has 29 heavy (non-hydrogen) atoms. The molecule has 0 saturated heterocycles. The number of fused-ring (bicyclic) bond motifs is 1. The average molecular weight is 413 g/mol. The summed E-state index contributed by atoms with van der Waals surface area (Å²) in [5, 5.41) is 5.97. The average Bonchev–Trinajstić information content (AvgIpc) is 3.06. The summed E-state index contributed by atoms with van der Waals surface area (Å²) >= 11 is 0. The molecule has 0 fully saturated rings. The number of hydrogen-bond donors (Lipinski definition) is 1. The van der Waals surface area contributed by atoms with E-state index in [0.717, 1.165) is 18.5 Å². The summed E-state index contributed by atoms with van der Waals surface area (Å²) in [5.41, 5.74) is 2.05. The predicted octanol–water partition coefficient (Wildman–Crippen LogP) is 3.11. The lowest BCUT2D eigenvalue weighted by atomic mass is 9.95. The van der Waals surface area contributed by atoms with E-state index >= 15 is 0 Å². The number of benzene rings is 1. The van der Waals surface area contributed by atoms with Crippen LogP contribution in [0.5, 0.6) is 0 Å². The molecule has 0 aliphatic heterocycles. The molecule has 1 atom stereocenters. The van der Waals surface area contributed by atoms with Crippen molar-refractivity contribution in [2.24, 2.45) is 0 Å². The number of halogens is 4. The predicted molar refractivity (Wildman–Crippen MR) is 94.1 cm³/mol. The maximum Gasteiger partial charge on any atom is 0.405 e. The maximum atomic E-state index is 13.2. The van der Waals surface area contributed by atoms with Crippen LogP contribution in [-0.4, -0.2) is 40.5 Å². The lowest BCUT2D eigenvalue weighted by molar-refractivity contribution is -0.143. The summed E-state index contributed by atoms with van der Waals surface area (Å²) < 4.78 is 56.5. The number of esters is 1. The lowest BCUT2D eigenvalue weighted by Gasteiger charge is -2.15. The minimum absolute atomic E-state index is 0.0134. The molecular formula is C19H19F4N3O3. The van der Waals surface area contributed by atoms with Gasteiger partial charge in [-0.25, -0.2) is 13.9 Å². The van der Waals surface area contributed by atoms with Crippen molar-refractivity contribution >= 4 is 11.9 Å². The molecule has 3 rings (SSSR count). The minimum atomic E-state index is -4.56. The zero-order valence-corrected chi connectivity index (χ0v) is 15.6. The number of aromatic nitrogens is 2. The van der Waals surface area contributed by atoms with Gasteiger partial charge in [-0.2, -0.15) is 18.3 Å². The third-order valence-corrected chi connectivity index (χ3v) is 4.56. The summed E-state index contributed by atoms with van der Waals surface area (Å²) in [6.45, 7) is -0.324. The van der Waals surface area contributed by atoms with Crippen LogP contribution in [0.15, 0.2) is 24.3 Å². The van der Waals surface area contributed by atoms with E-state index in [9.17, 15) is 27.2 Å². The van der Waals surface area contributed by atoms with Gasteiger partial charge in [0, 0.05) is 11.3 Å². The molecular weight excluding hydrogens is 394 g/mol. The van der Waals surface area contributed by atoms with Crippen LogP contribution in [-0.2, 0) is 22.4 Å². The first-order valence-electron chi connectivity index (χ1n) is 9.08. The zero-order chi connectivity index (χ0) is 21.2. The van der Waals surface area contributed by atoms with Gasteiger partial charge in [-0.05, 0) is 56.9 Å². The summed E-state index contributed by atoms with van der Waals surface area (Å²) in [5.74, 6) is -2.35. The van der Waals surface area contributed by atoms with Crippen LogP contribution in [0.1, 0.15) is 41.5 Å². The van der Waals surface area contributed by atoms with Crippen molar-refractivity contribution in [3.63, 3.8) is 0 Å². The fourth-order valence-corrected chi connectivity index (χ4v) is 3.16. The van der Waals surface area contributed by atoms with E-state index in [-0.39, 0.29) is 5.69 Å². The second kappa shape index (κ2) is 8.22. The number of ether oxygens (including phenoxy) is 1. The number of nitrogens with zero attached hydrogens (tertiary/aromatic N) is 2. The first kappa shape index (κ1) is 20.8. The van der Waals surface area contributed by atoms with Gasteiger partial charge in [0.2, 0.25) is 0 Å². The SMILES string of the molecule is C[C@@H](OC(=O)c1nn(-c2ccc(F)cc2)c2c1CCCC2)C(=O)NCC(F)(F)F. The first-order valence-corrected chi connectivity index (χ1v) is 9.08. The highest BCUT2D eigenvalue weighted by atomic mass is 19.4. The Labute approximate surface area is 163 Å². The molecule has 1 N–H and O–H groups in total. The summed E-state index contributed by atoms with van der Waals surface area (Å²) in [6, 6.07) is 5.60. The number of alkyl halides is 3. The van der Waals surface area contributed by atoms with Crippen LogP contribution in [0.25, 0.3) is 5.69 Å². The van der Waals surface area contributed by atoms with Crippen LogP contribution < -0.4 is 5.32 Å². The van der Waals surface area contributed by atoms with E-state index in [0.29, 0.717) is 24.1 Å². The molecule has 10 heteroatoms. The fourth-order valence-electron chi connectivity index (χ4n) is 3.16. The van der Waals surface area contributed by atoms with Gasteiger partial charge in [0.1, 0.15) is 12.4 Å². The number of rotatable bonds is 5. The lowest BCUT2D eigenvalue weighted by Crippen LogP contribution is -2.40. The Balaban J connectivity index is 1.80. The molecule has 1 aromatic heterocycles. The Morgan fingerprint density at radius 1 is 1.21 bits per heavy atom. The van der Waals surface area contributed by atoms with Gasteiger partial charge in [-0.3, -0.25) is 4.79 Å². The molecule has 1 heterocycles. The molecule has 156 valence electrons. The monoisotopic (exact) mass is 413 g/mol. The minimum Gasteiger partial charge on any atom is -0.448 e.